The Bertz CT molecular complexity index is 2240. The van der Waals surface area contributed by atoms with Crippen molar-refractivity contribution < 1.29 is 4.74 Å². The quantitative estimate of drug-likeness (QED) is 0.123. The van der Waals surface area contributed by atoms with Gasteiger partial charge in [0.15, 0.2) is 5.82 Å². The zero-order valence-electron chi connectivity index (χ0n) is 26.8. The SMILES string of the molecule is Cc1ccn2nc(C(C)Nc3ncnc4c3c(-c3cccc5cc[nH]c35)cn4COCC[Si](C)(C)C)n(-c3ccccc3)c(=O)c12. The van der Waals surface area contributed by atoms with Gasteiger partial charge < -0.3 is 19.6 Å². The van der Waals surface area contributed by atoms with Crippen LogP contribution in [0.2, 0.25) is 25.7 Å². The summed E-state index contributed by atoms with van der Waals surface area (Å²) in [5.74, 6) is 1.21. The van der Waals surface area contributed by atoms with E-state index in [9.17, 15) is 4.79 Å². The van der Waals surface area contributed by atoms with E-state index in [1.54, 1.807) is 15.4 Å². The molecule has 0 aliphatic heterocycles. The lowest BCUT2D eigenvalue weighted by molar-refractivity contribution is 0.0899. The van der Waals surface area contributed by atoms with E-state index in [0.29, 0.717) is 30.5 Å². The van der Waals surface area contributed by atoms with Crippen LogP contribution in [-0.2, 0) is 11.5 Å². The summed E-state index contributed by atoms with van der Waals surface area (Å²) < 4.78 is 11.6. The van der Waals surface area contributed by atoms with Crippen LogP contribution in [0.15, 0.2) is 90.4 Å². The summed E-state index contributed by atoms with van der Waals surface area (Å²) >= 11 is 0. The molecule has 234 valence electrons. The molecule has 11 heteroatoms. The molecule has 7 rings (SSSR count). The third-order valence-electron chi connectivity index (χ3n) is 8.43. The predicted octanol–water partition coefficient (Wildman–Crippen LogP) is 7.17. The number of benzene rings is 2. The number of hydrogen-bond donors (Lipinski definition) is 2. The highest BCUT2D eigenvalue weighted by Crippen LogP contribution is 2.38. The topological polar surface area (TPSA) is 107 Å². The molecule has 7 aromatic rings. The van der Waals surface area contributed by atoms with Crippen LogP contribution in [0.3, 0.4) is 0 Å². The Kier molecular flexibility index (Phi) is 7.57. The van der Waals surface area contributed by atoms with E-state index in [4.69, 9.17) is 19.8 Å². The normalized spacial score (nSPS) is 12.8. The number of nitrogens with one attached hydrogen (secondary N) is 2. The van der Waals surface area contributed by atoms with Gasteiger partial charge in [0.1, 0.15) is 30.0 Å². The predicted molar refractivity (Wildman–Crippen MR) is 186 cm³/mol. The molecule has 0 amide bonds. The standard InChI is InChI=1S/C35H38N8O2Si/c1-23-15-17-42-31(23)35(44)43(26-11-7-6-8-12-26)33(40-42)24(2)39-32-29-28(27-13-9-10-25-14-16-36-30(25)27)20-41(34(29)38-21-37-32)22-45-18-19-46(3,4)5/h6-17,20-21,24,36H,18-19,22H2,1-5H3,(H,37,38,39). The van der Waals surface area contributed by atoms with Gasteiger partial charge >= 0.3 is 0 Å². The smallest absolute Gasteiger partial charge is 0.282 e. The van der Waals surface area contributed by atoms with Gasteiger partial charge in [0.25, 0.3) is 5.56 Å². The number of rotatable bonds is 10. The van der Waals surface area contributed by atoms with Crippen LogP contribution in [-0.4, -0.2) is 48.4 Å². The fraction of sp³-hybridized carbons (Fsp3) is 0.257. The molecule has 0 spiro atoms. The first-order chi connectivity index (χ1) is 22.2. The molecule has 10 nitrogen and oxygen atoms in total. The summed E-state index contributed by atoms with van der Waals surface area (Å²) in [6, 6.07) is 20.6. The number of anilines is 1. The lowest BCUT2D eigenvalue weighted by atomic mass is 10.0. The summed E-state index contributed by atoms with van der Waals surface area (Å²) in [7, 11) is -1.23. The number of hydrogen-bond acceptors (Lipinski definition) is 6. The zero-order valence-corrected chi connectivity index (χ0v) is 27.8. The number of ether oxygens (including phenoxy) is 1. The monoisotopic (exact) mass is 630 g/mol. The van der Waals surface area contributed by atoms with E-state index in [2.05, 4.69) is 65.0 Å². The molecule has 0 fully saturated rings. The summed E-state index contributed by atoms with van der Waals surface area (Å²) in [5.41, 5.74) is 5.89. The van der Waals surface area contributed by atoms with Crippen LogP contribution in [0.4, 0.5) is 5.82 Å². The molecule has 2 aromatic carbocycles. The molecule has 0 bridgehead atoms. The molecular weight excluding hydrogens is 593 g/mol. The molecule has 0 radical (unpaired) electrons. The second kappa shape index (κ2) is 11.7. The van der Waals surface area contributed by atoms with Crippen LogP contribution in [0.25, 0.3) is 44.3 Å². The van der Waals surface area contributed by atoms with Crippen molar-refractivity contribution in [1.82, 2.24) is 33.7 Å². The third kappa shape index (κ3) is 5.41. The highest BCUT2D eigenvalue weighted by molar-refractivity contribution is 6.76. The number of para-hydroxylation sites is 2. The van der Waals surface area contributed by atoms with Gasteiger partial charge in [0.2, 0.25) is 0 Å². The Morgan fingerprint density at radius 2 is 1.83 bits per heavy atom. The second-order valence-corrected chi connectivity index (χ2v) is 18.6. The summed E-state index contributed by atoms with van der Waals surface area (Å²) in [6.45, 7) is 12.1. The summed E-state index contributed by atoms with van der Waals surface area (Å²) in [6.07, 6.45) is 7.47. The van der Waals surface area contributed by atoms with E-state index in [0.717, 1.165) is 50.4 Å². The molecule has 5 aromatic heterocycles. The van der Waals surface area contributed by atoms with E-state index in [1.807, 2.05) is 62.6 Å². The first-order valence-corrected chi connectivity index (χ1v) is 19.3. The summed E-state index contributed by atoms with van der Waals surface area (Å²) in [5, 5.41) is 10.6. The number of fused-ring (bicyclic) bond motifs is 3. The van der Waals surface area contributed by atoms with Gasteiger partial charge in [-0.2, -0.15) is 5.10 Å². The molecule has 46 heavy (non-hydrogen) atoms. The van der Waals surface area contributed by atoms with Crippen molar-refractivity contribution in [1.29, 1.82) is 0 Å². The molecule has 1 unspecified atom stereocenters. The lowest BCUT2D eigenvalue weighted by Gasteiger charge is -2.20. The Morgan fingerprint density at radius 1 is 1.00 bits per heavy atom. The molecule has 5 heterocycles. The van der Waals surface area contributed by atoms with Crippen LogP contribution >= 0.6 is 0 Å². The van der Waals surface area contributed by atoms with Gasteiger partial charge in [-0.25, -0.2) is 14.5 Å². The van der Waals surface area contributed by atoms with Gasteiger partial charge in [-0.1, -0.05) is 56.0 Å². The highest BCUT2D eigenvalue weighted by atomic mass is 28.3. The minimum absolute atomic E-state index is 0.124. The minimum atomic E-state index is -1.23. The maximum absolute atomic E-state index is 14.0. The number of aromatic nitrogens is 7. The van der Waals surface area contributed by atoms with Crippen molar-refractivity contribution in [2.45, 2.75) is 52.3 Å². The fourth-order valence-electron chi connectivity index (χ4n) is 5.99. The van der Waals surface area contributed by atoms with Crippen molar-refractivity contribution in [2.24, 2.45) is 0 Å². The van der Waals surface area contributed by atoms with Crippen molar-refractivity contribution in [3.63, 3.8) is 0 Å². The Balaban J connectivity index is 1.35. The van der Waals surface area contributed by atoms with Crippen LogP contribution in [0.5, 0.6) is 0 Å². The molecule has 0 saturated carbocycles. The largest absolute Gasteiger partial charge is 0.361 e. The van der Waals surface area contributed by atoms with E-state index < -0.39 is 14.1 Å². The molecule has 0 saturated heterocycles. The van der Waals surface area contributed by atoms with Gasteiger partial charge in [0.05, 0.1) is 22.6 Å². The minimum Gasteiger partial charge on any atom is -0.361 e. The number of H-pyrrole nitrogens is 1. The summed E-state index contributed by atoms with van der Waals surface area (Å²) in [4.78, 5) is 26.9. The zero-order chi connectivity index (χ0) is 32.0. The van der Waals surface area contributed by atoms with E-state index in [1.165, 1.54) is 0 Å². The van der Waals surface area contributed by atoms with Crippen molar-refractivity contribution in [2.75, 3.05) is 11.9 Å². The molecular formula is C35H38N8O2Si. The molecule has 1 atom stereocenters. The van der Waals surface area contributed by atoms with E-state index >= 15 is 0 Å². The first kappa shape index (κ1) is 29.7. The maximum atomic E-state index is 14.0. The average molecular weight is 631 g/mol. The van der Waals surface area contributed by atoms with Gasteiger partial charge in [-0.05, 0) is 55.1 Å². The van der Waals surface area contributed by atoms with Crippen molar-refractivity contribution >= 4 is 41.3 Å². The second-order valence-electron chi connectivity index (χ2n) is 13.0. The van der Waals surface area contributed by atoms with Crippen LogP contribution in [0.1, 0.15) is 24.4 Å². The fourth-order valence-corrected chi connectivity index (χ4v) is 6.75. The highest BCUT2D eigenvalue weighted by Gasteiger charge is 2.24. The van der Waals surface area contributed by atoms with Gasteiger partial charge in [0, 0.05) is 44.4 Å². The lowest BCUT2D eigenvalue weighted by Crippen LogP contribution is -2.29. The van der Waals surface area contributed by atoms with E-state index in [-0.39, 0.29) is 5.56 Å². The Labute approximate surface area is 267 Å². The molecule has 2 N–H and O–H groups in total. The number of nitrogens with zero attached hydrogens (tertiary/aromatic N) is 6. The number of aryl methyl sites for hydroxylation is 1. The Hall–Kier alpha value is -5.00. The van der Waals surface area contributed by atoms with Crippen molar-refractivity contribution in [3.05, 3.63) is 107 Å². The molecule has 0 aliphatic carbocycles. The van der Waals surface area contributed by atoms with Crippen molar-refractivity contribution in [3.8, 4) is 16.8 Å². The molecule has 0 aliphatic rings. The van der Waals surface area contributed by atoms with Gasteiger partial charge in [-0.15, -0.1) is 0 Å². The average Bonchev–Trinajstić information content (AvgIpc) is 3.77. The van der Waals surface area contributed by atoms with Crippen LogP contribution < -0.4 is 10.9 Å². The maximum Gasteiger partial charge on any atom is 0.282 e. The first-order valence-electron chi connectivity index (χ1n) is 15.6. The third-order valence-corrected chi connectivity index (χ3v) is 10.1. The van der Waals surface area contributed by atoms with Crippen LogP contribution in [0, 0.1) is 6.92 Å². The number of aromatic amines is 1. The van der Waals surface area contributed by atoms with Gasteiger partial charge in [-0.3, -0.25) is 9.36 Å². The Morgan fingerprint density at radius 3 is 2.63 bits per heavy atom.